The van der Waals surface area contributed by atoms with Crippen molar-refractivity contribution in [2.45, 2.75) is 13.3 Å². The second-order valence-corrected chi connectivity index (χ2v) is 4.72. The average Bonchev–Trinajstić information content (AvgIpc) is 2.68. The van der Waals surface area contributed by atoms with Crippen LogP contribution in [0.1, 0.15) is 20.9 Å². The Kier molecular flexibility index (Phi) is 3.36. The van der Waals surface area contributed by atoms with Crippen LogP contribution in [-0.2, 0) is 6.42 Å². The van der Waals surface area contributed by atoms with Gasteiger partial charge in [0.05, 0.1) is 16.1 Å². The van der Waals surface area contributed by atoms with Crippen LogP contribution in [0, 0.1) is 6.92 Å². The van der Waals surface area contributed by atoms with E-state index in [0.29, 0.717) is 11.4 Å². The van der Waals surface area contributed by atoms with E-state index in [0.717, 1.165) is 16.1 Å². The minimum Gasteiger partial charge on any atom is -0.293 e. The number of rotatable bonds is 3. The normalized spacial score (nSPS) is 10.4. The number of aromatic nitrogens is 1. The topological polar surface area (TPSA) is 30.0 Å². The zero-order valence-electron chi connectivity index (χ0n) is 8.74. The molecular formula is C12H10ClNOS. The molecule has 2 rings (SSSR count). The quantitative estimate of drug-likeness (QED) is 0.781. The number of benzene rings is 1. The average molecular weight is 252 g/mol. The summed E-state index contributed by atoms with van der Waals surface area (Å²) >= 11 is 7.38. The van der Waals surface area contributed by atoms with Crippen molar-refractivity contribution in [3.63, 3.8) is 0 Å². The molecule has 0 amide bonds. The Morgan fingerprint density at radius 1 is 1.44 bits per heavy atom. The van der Waals surface area contributed by atoms with E-state index in [-0.39, 0.29) is 5.78 Å². The summed E-state index contributed by atoms with van der Waals surface area (Å²) < 4.78 is 0. The minimum atomic E-state index is 0.0769. The molecule has 82 valence electrons. The van der Waals surface area contributed by atoms with Crippen LogP contribution in [0.2, 0.25) is 5.02 Å². The molecule has 1 heterocycles. The first kappa shape index (κ1) is 11.3. The highest BCUT2D eigenvalue weighted by atomic mass is 35.5. The fourth-order valence-corrected chi connectivity index (χ4v) is 2.41. The molecule has 0 fully saturated rings. The van der Waals surface area contributed by atoms with E-state index < -0.39 is 0 Å². The summed E-state index contributed by atoms with van der Waals surface area (Å²) in [6.45, 7) is 1.84. The highest BCUT2D eigenvalue weighted by molar-refractivity contribution is 7.11. The van der Waals surface area contributed by atoms with Crippen LogP contribution in [-0.4, -0.2) is 10.8 Å². The van der Waals surface area contributed by atoms with Crippen molar-refractivity contribution in [3.05, 3.63) is 50.9 Å². The van der Waals surface area contributed by atoms with Gasteiger partial charge >= 0.3 is 0 Å². The van der Waals surface area contributed by atoms with Crippen molar-refractivity contribution in [2.24, 2.45) is 0 Å². The number of hydrogen-bond donors (Lipinski definition) is 0. The number of carbonyl (C=O) groups is 1. The Balaban J connectivity index is 2.21. The largest absolute Gasteiger partial charge is 0.293 e. The fraction of sp³-hybridized carbons (Fsp3) is 0.167. The van der Waals surface area contributed by atoms with Crippen LogP contribution in [0.5, 0.6) is 0 Å². The number of carbonyl (C=O) groups excluding carboxylic acids is 1. The molecule has 2 nitrogen and oxygen atoms in total. The molecule has 1 aromatic heterocycles. The van der Waals surface area contributed by atoms with Crippen molar-refractivity contribution in [2.75, 3.05) is 0 Å². The van der Waals surface area contributed by atoms with E-state index in [2.05, 4.69) is 4.98 Å². The number of Topliss-reactive ketones (excluding diaryl/α,β-unsaturated/α-hetero) is 1. The van der Waals surface area contributed by atoms with Gasteiger partial charge < -0.3 is 0 Å². The fourth-order valence-electron chi connectivity index (χ4n) is 1.46. The van der Waals surface area contributed by atoms with Crippen LogP contribution in [0.4, 0.5) is 0 Å². The molecule has 0 atom stereocenters. The van der Waals surface area contributed by atoms with Crippen molar-refractivity contribution >= 4 is 28.7 Å². The molecular weight excluding hydrogens is 242 g/mol. The van der Waals surface area contributed by atoms with E-state index in [9.17, 15) is 4.79 Å². The number of hydrogen-bond acceptors (Lipinski definition) is 3. The van der Waals surface area contributed by atoms with Crippen molar-refractivity contribution in [1.29, 1.82) is 0 Å². The van der Waals surface area contributed by atoms with Crippen LogP contribution < -0.4 is 0 Å². The minimum absolute atomic E-state index is 0.0769. The molecule has 0 N–H and O–H groups in total. The molecule has 4 heteroatoms. The van der Waals surface area contributed by atoms with Gasteiger partial charge in [0, 0.05) is 11.4 Å². The van der Waals surface area contributed by atoms with E-state index in [1.807, 2.05) is 25.1 Å². The number of aryl methyl sites for hydroxylation is 1. The Morgan fingerprint density at radius 2 is 2.19 bits per heavy atom. The van der Waals surface area contributed by atoms with Gasteiger partial charge in [0.1, 0.15) is 0 Å². The summed E-state index contributed by atoms with van der Waals surface area (Å²) in [4.78, 5) is 16.7. The molecule has 1 aromatic carbocycles. The number of ketones is 1. The van der Waals surface area contributed by atoms with Crippen molar-refractivity contribution in [3.8, 4) is 0 Å². The molecule has 0 aliphatic rings. The van der Waals surface area contributed by atoms with Gasteiger partial charge in [0.15, 0.2) is 5.78 Å². The molecule has 0 spiro atoms. The van der Waals surface area contributed by atoms with Gasteiger partial charge in [-0.25, -0.2) is 4.98 Å². The van der Waals surface area contributed by atoms with Crippen molar-refractivity contribution in [1.82, 2.24) is 4.98 Å². The molecule has 0 unspecified atom stereocenters. The Bertz CT molecular complexity index is 521. The Hall–Kier alpha value is -1.19. The summed E-state index contributed by atoms with van der Waals surface area (Å²) in [7, 11) is 0. The third-order valence-corrected chi connectivity index (χ3v) is 3.65. The highest BCUT2D eigenvalue weighted by Gasteiger charge is 2.13. The monoisotopic (exact) mass is 251 g/mol. The third kappa shape index (κ3) is 2.31. The summed E-state index contributed by atoms with van der Waals surface area (Å²) in [6, 6.07) is 7.41. The predicted octanol–water partition coefficient (Wildman–Crippen LogP) is 3.53. The summed E-state index contributed by atoms with van der Waals surface area (Å²) in [5.41, 5.74) is 3.35. The molecule has 2 aromatic rings. The lowest BCUT2D eigenvalue weighted by Gasteiger charge is -2.02. The zero-order chi connectivity index (χ0) is 11.5. The molecule has 0 saturated carbocycles. The lowest BCUT2D eigenvalue weighted by molar-refractivity contribution is 0.0996. The molecule has 16 heavy (non-hydrogen) atoms. The van der Waals surface area contributed by atoms with E-state index in [1.165, 1.54) is 11.3 Å². The van der Waals surface area contributed by atoms with Gasteiger partial charge in [-0.3, -0.25) is 4.79 Å². The Morgan fingerprint density at radius 3 is 2.81 bits per heavy atom. The van der Waals surface area contributed by atoms with E-state index >= 15 is 0 Å². The number of thiazole rings is 1. The maximum Gasteiger partial charge on any atom is 0.179 e. The van der Waals surface area contributed by atoms with Gasteiger partial charge in [-0.1, -0.05) is 29.8 Å². The second kappa shape index (κ2) is 4.76. The van der Waals surface area contributed by atoms with Crippen LogP contribution >= 0.6 is 22.9 Å². The van der Waals surface area contributed by atoms with Gasteiger partial charge in [-0.2, -0.15) is 0 Å². The molecule has 0 bridgehead atoms. The van der Waals surface area contributed by atoms with Crippen LogP contribution in [0.15, 0.2) is 29.8 Å². The van der Waals surface area contributed by atoms with Gasteiger partial charge in [0.2, 0.25) is 0 Å². The van der Waals surface area contributed by atoms with Gasteiger partial charge in [-0.15, -0.1) is 11.3 Å². The highest BCUT2D eigenvalue weighted by Crippen LogP contribution is 2.20. The standard InChI is InChI=1S/C12H10ClNOS/c1-8-12(16-7-14-8)11(15)6-9-4-2-3-5-10(9)13/h2-5,7H,6H2,1H3. The smallest absolute Gasteiger partial charge is 0.179 e. The maximum atomic E-state index is 12.0. The summed E-state index contributed by atoms with van der Waals surface area (Å²) in [6.07, 6.45) is 0.336. The first-order valence-corrected chi connectivity index (χ1v) is 6.11. The van der Waals surface area contributed by atoms with Crippen LogP contribution in [0.3, 0.4) is 0 Å². The van der Waals surface area contributed by atoms with Gasteiger partial charge in [0.25, 0.3) is 0 Å². The van der Waals surface area contributed by atoms with Crippen LogP contribution in [0.25, 0.3) is 0 Å². The molecule has 0 saturated heterocycles. The zero-order valence-corrected chi connectivity index (χ0v) is 10.3. The number of halogens is 1. The lowest BCUT2D eigenvalue weighted by atomic mass is 10.1. The Labute approximate surface area is 103 Å². The predicted molar refractivity (Wildman–Crippen MR) is 66.3 cm³/mol. The third-order valence-electron chi connectivity index (χ3n) is 2.31. The molecule has 0 aliphatic carbocycles. The molecule has 0 radical (unpaired) electrons. The summed E-state index contributed by atoms with van der Waals surface area (Å²) in [5.74, 6) is 0.0769. The van der Waals surface area contributed by atoms with Crippen molar-refractivity contribution < 1.29 is 4.79 Å². The SMILES string of the molecule is Cc1ncsc1C(=O)Cc1ccccc1Cl. The maximum absolute atomic E-state index is 12.0. The van der Waals surface area contributed by atoms with E-state index in [1.54, 1.807) is 11.6 Å². The number of nitrogens with zero attached hydrogens (tertiary/aromatic N) is 1. The van der Waals surface area contributed by atoms with E-state index in [4.69, 9.17) is 11.6 Å². The first-order valence-electron chi connectivity index (χ1n) is 4.85. The second-order valence-electron chi connectivity index (χ2n) is 3.46. The summed E-state index contributed by atoms with van der Waals surface area (Å²) in [5, 5.41) is 0.637. The lowest BCUT2D eigenvalue weighted by Crippen LogP contribution is -2.03. The van der Waals surface area contributed by atoms with Gasteiger partial charge in [-0.05, 0) is 18.6 Å². The first-order chi connectivity index (χ1) is 7.68. The molecule has 0 aliphatic heterocycles.